The number of hydrogen-bond donors (Lipinski definition) is 1. The van der Waals surface area contributed by atoms with Gasteiger partial charge in [-0.05, 0) is 67.7 Å². The lowest BCUT2D eigenvalue weighted by Crippen LogP contribution is -2.34. The molecule has 0 aromatic heterocycles. The minimum Gasteiger partial charge on any atom is -0.322 e. The highest BCUT2D eigenvalue weighted by Crippen LogP contribution is 2.17. The van der Waals surface area contributed by atoms with E-state index in [1.807, 2.05) is 30.3 Å². The van der Waals surface area contributed by atoms with Gasteiger partial charge in [0.1, 0.15) is 0 Å². The zero-order valence-electron chi connectivity index (χ0n) is 17.8. The lowest BCUT2D eigenvalue weighted by molar-refractivity contribution is 0.102. The molecule has 2 heterocycles. The summed E-state index contributed by atoms with van der Waals surface area (Å²) in [6.07, 6.45) is 4.98. The van der Waals surface area contributed by atoms with Crippen molar-refractivity contribution in [1.29, 1.82) is 0 Å². The minimum atomic E-state index is -0.0333. The second kappa shape index (κ2) is 11.0. The van der Waals surface area contributed by atoms with E-state index in [-0.39, 0.29) is 5.91 Å². The molecule has 5 heteroatoms. The van der Waals surface area contributed by atoms with Gasteiger partial charge in [-0.15, -0.1) is 0 Å². The molecule has 2 aliphatic heterocycles. The maximum atomic E-state index is 12.7. The van der Waals surface area contributed by atoms with E-state index < -0.39 is 0 Å². The summed E-state index contributed by atoms with van der Waals surface area (Å²) in [6, 6.07) is 16.4. The quantitative estimate of drug-likeness (QED) is 0.710. The van der Waals surface area contributed by atoms with Crippen LogP contribution < -0.4 is 5.32 Å². The van der Waals surface area contributed by atoms with Gasteiger partial charge in [0, 0.05) is 48.9 Å². The third-order valence-corrected chi connectivity index (χ3v) is 7.02. The van der Waals surface area contributed by atoms with Crippen molar-refractivity contribution in [2.75, 3.05) is 49.5 Å². The van der Waals surface area contributed by atoms with Crippen molar-refractivity contribution in [3.63, 3.8) is 0 Å². The maximum absolute atomic E-state index is 12.7. The third-order valence-electron chi connectivity index (χ3n) is 6.08. The van der Waals surface area contributed by atoms with Gasteiger partial charge in [-0.25, -0.2) is 0 Å². The van der Waals surface area contributed by atoms with Crippen molar-refractivity contribution in [2.45, 2.75) is 32.2 Å². The molecule has 0 aliphatic carbocycles. The SMILES string of the molecule is O=C(Nc1ccc(CCN2CCSCC2)cc1)c1cccc(CN2CCCCC2)c1. The first-order valence-corrected chi connectivity index (χ1v) is 12.4. The minimum absolute atomic E-state index is 0.0333. The summed E-state index contributed by atoms with van der Waals surface area (Å²) in [7, 11) is 0. The average Bonchev–Trinajstić information content (AvgIpc) is 2.80. The molecule has 30 heavy (non-hydrogen) atoms. The van der Waals surface area contributed by atoms with Crippen molar-refractivity contribution in [3.05, 3.63) is 65.2 Å². The molecule has 160 valence electrons. The Labute approximate surface area is 185 Å². The van der Waals surface area contributed by atoms with Crippen molar-refractivity contribution in [3.8, 4) is 0 Å². The molecule has 2 aromatic carbocycles. The second-order valence-electron chi connectivity index (χ2n) is 8.39. The predicted octanol–water partition coefficient (Wildman–Crippen LogP) is 4.52. The Morgan fingerprint density at radius 3 is 2.40 bits per heavy atom. The van der Waals surface area contributed by atoms with Gasteiger partial charge in [-0.3, -0.25) is 9.69 Å². The van der Waals surface area contributed by atoms with Crippen LogP contribution in [-0.4, -0.2) is 59.9 Å². The van der Waals surface area contributed by atoms with Gasteiger partial charge in [0.05, 0.1) is 0 Å². The van der Waals surface area contributed by atoms with Crippen LogP contribution in [0, 0.1) is 0 Å². The van der Waals surface area contributed by atoms with Crippen LogP contribution in [0.5, 0.6) is 0 Å². The fraction of sp³-hybridized carbons (Fsp3) is 0.480. The van der Waals surface area contributed by atoms with E-state index in [1.54, 1.807) is 0 Å². The van der Waals surface area contributed by atoms with Crippen molar-refractivity contribution in [2.24, 2.45) is 0 Å². The molecule has 0 radical (unpaired) electrons. The maximum Gasteiger partial charge on any atom is 0.255 e. The van der Waals surface area contributed by atoms with Gasteiger partial charge < -0.3 is 10.2 Å². The molecule has 2 aromatic rings. The van der Waals surface area contributed by atoms with Crippen LogP contribution in [0.4, 0.5) is 5.69 Å². The van der Waals surface area contributed by atoms with Crippen LogP contribution in [0.2, 0.25) is 0 Å². The molecular weight excluding hydrogens is 390 g/mol. The number of hydrogen-bond acceptors (Lipinski definition) is 4. The van der Waals surface area contributed by atoms with Crippen LogP contribution in [0.3, 0.4) is 0 Å². The summed E-state index contributed by atoms with van der Waals surface area (Å²) in [6.45, 7) is 6.80. The number of anilines is 1. The zero-order valence-corrected chi connectivity index (χ0v) is 18.6. The number of carbonyl (C=O) groups excluding carboxylic acids is 1. The number of rotatable bonds is 7. The fourth-order valence-corrected chi connectivity index (χ4v) is 5.24. The van der Waals surface area contributed by atoms with Crippen LogP contribution in [0.1, 0.15) is 40.7 Å². The summed E-state index contributed by atoms with van der Waals surface area (Å²) in [5.74, 6) is 2.48. The first kappa shape index (κ1) is 21.4. The van der Waals surface area contributed by atoms with Gasteiger partial charge in [0.25, 0.3) is 5.91 Å². The lowest BCUT2D eigenvalue weighted by Gasteiger charge is -2.26. The van der Waals surface area contributed by atoms with Gasteiger partial charge in [-0.1, -0.05) is 30.7 Å². The van der Waals surface area contributed by atoms with Crippen LogP contribution in [0.15, 0.2) is 48.5 Å². The molecule has 4 rings (SSSR count). The molecule has 0 atom stereocenters. The van der Waals surface area contributed by atoms with Crippen LogP contribution >= 0.6 is 11.8 Å². The molecule has 1 N–H and O–H groups in total. The van der Waals surface area contributed by atoms with E-state index in [0.29, 0.717) is 0 Å². The van der Waals surface area contributed by atoms with Gasteiger partial charge in [-0.2, -0.15) is 11.8 Å². The first-order chi connectivity index (χ1) is 14.8. The number of benzene rings is 2. The summed E-state index contributed by atoms with van der Waals surface area (Å²) in [5, 5.41) is 3.06. The van der Waals surface area contributed by atoms with E-state index in [0.717, 1.165) is 30.8 Å². The highest BCUT2D eigenvalue weighted by atomic mass is 32.2. The number of thioether (sulfide) groups is 1. The molecule has 1 amide bonds. The molecule has 2 saturated heterocycles. The highest BCUT2D eigenvalue weighted by Gasteiger charge is 2.13. The summed E-state index contributed by atoms with van der Waals surface area (Å²) >= 11 is 2.05. The summed E-state index contributed by atoms with van der Waals surface area (Å²) < 4.78 is 0. The molecule has 2 aliphatic rings. The Morgan fingerprint density at radius 1 is 0.867 bits per heavy atom. The summed E-state index contributed by atoms with van der Waals surface area (Å²) in [4.78, 5) is 17.8. The number of likely N-dealkylation sites (tertiary alicyclic amines) is 1. The Balaban J connectivity index is 1.29. The zero-order chi connectivity index (χ0) is 20.6. The monoisotopic (exact) mass is 423 g/mol. The van der Waals surface area contributed by atoms with E-state index >= 15 is 0 Å². The Hall–Kier alpha value is -1.82. The number of carbonyl (C=O) groups is 1. The molecule has 0 spiro atoms. The predicted molar refractivity (Wildman–Crippen MR) is 127 cm³/mol. The lowest BCUT2D eigenvalue weighted by atomic mass is 10.1. The molecule has 2 fully saturated rings. The van der Waals surface area contributed by atoms with Crippen molar-refractivity contribution >= 4 is 23.4 Å². The van der Waals surface area contributed by atoms with Crippen molar-refractivity contribution in [1.82, 2.24) is 9.80 Å². The van der Waals surface area contributed by atoms with Gasteiger partial charge in [0.2, 0.25) is 0 Å². The normalized spacial score (nSPS) is 18.3. The van der Waals surface area contributed by atoms with Crippen LogP contribution in [0.25, 0.3) is 0 Å². The topological polar surface area (TPSA) is 35.6 Å². The highest BCUT2D eigenvalue weighted by molar-refractivity contribution is 7.99. The van der Waals surface area contributed by atoms with Gasteiger partial charge >= 0.3 is 0 Å². The molecular formula is C25H33N3OS. The smallest absolute Gasteiger partial charge is 0.255 e. The largest absolute Gasteiger partial charge is 0.322 e. The number of nitrogens with one attached hydrogen (secondary N) is 1. The molecule has 0 unspecified atom stereocenters. The van der Waals surface area contributed by atoms with E-state index in [2.05, 4.69) is 45.1 Å². The Morgan fingerprint density at radius 2 is 1.63 bits per heavy atom. The number of piperidine rings is 1. The summed E-state index contributed by atoms with van der Waals surface area (Å²) in [5.41, 5.74) is 4.14. The Bertz CT molecular complexity index is 811. The van der Waals surface area contributed by atoms with E-state index in [9.17, 15) is 4.79 Å². The van der Waals surface area contributed by atoms with Crippen molar-refractivity contribution < 1.29 is 4.79 Å². The number of nitrogens with zero attached hydrogens (tertiary/aromatic N) is 2. The molecule has 0 bridgehead atoms. The van der Waals surface area contributed by atoms with Gasteiger partial charge in [0.15, 0.2) is 0 Å². The average molecular weight is 424 g/mol. The standard InChI is InChI=1S/C25H33N3OS/c29-25(23-6-4-5-22(19-23)20-28-12-2-1-3-13-28)26-24-9-7-21(8-10-24)11-14-27-15-17-30-18-16-27/h4-10,19H,1-3,11-18,20H2,(H,26,29). The first-order valence-electron chi connectivity index (χ1n) is 11.3. The van der Waals surface area contributed by atoms with E-state index in [4.69, 9.17) is 0 Å². The van der Waals surface area contributed by atoms with E-state index in [1.165, 1.54) is 68.1 Å². The third kappa shape index (κ3) is 6.34. The fourth-order valence-electron chi connectivity index (χ4n) is 4.26. The Kier molecular flexibility index (Phi) is 7.84. The number of amides is 1. The van der Waals surface area contributed by atoms with Crippen LogP contribution in [-0.2, 0) is 13.0 Å². The second-order valence-corrected chi connectivity index (χ2v) is 9.62. The molecule has 0 saturated carbocycles. The molecule has 4 nitrogen and oxygen atoms in total.